The van der Waals surface area contributed by atoms with Crippen LogP contribution < -0.4 is 14.8 Å². The van der Waals surface area contributed by atoms with Gasteiger partial charge in [-0.2, -0.15) is 0 Å². The highest BCUT2D eigenvalue weighted by molar-refractivity contribution is 5.55. The maximum Gasteiger partial charge on any atom is 0.163 e. The second kappa shape index (κ2) is 6.89. The molecule has 20 heavy (non-hydrogen) atoms. The lowest BCUT2D eigenvalue weighted by Gasteiger charge is -2.16. The lowest BCUT2D eigenvalue weighted by molar-refractivity contribution is 0.288. The molecule has 1 aromatic heterocycles. The van der Waals surface area contributed by atoms with Gasteiger partial charge < -0.3 is 19.2 Å². The van der Waals surface area contributed by atoms with Gasteiger partial charge in [-0.3, -0.25) is 0 Å². The number of anilines is 1. The molecule has 0 saturated carbocycles. The van der Waals surface area contributed by atoms with Crippen molar-refractivity contribution in [3.8, 4) is 11.5 Å². The van der Waals surface area contributed by atoms with Crippen molar-refractivity contribution in [2.75, 3.05) is 18.5 Å². The summed E-state index contributed by atoms with van der Waals surface area (Å²) in [6.07, 6.45) is 3.42. The number of hydrogen-bond donors (Lipinski definition) is 1. The second-order valence-electron chi connectivity index (χ2n) is 4.45. The molecule has 0 aliphatic carbocycles. The van der Waals surface area contributed by atoms with Crippen molar-refractivity contribution >= 4 is 5.69 Å². The Kier molecular flexibility index (Phi) is 4.93. The molecule has 4 heteroatoms. The highest BCUT2D eigenvalue weighted by Gasteiger charge is 2.10. The van der Waals surface area contributed by atoms with E-state index in [0.29, 0.717) is 13.2 Å². The Hall–Kier alpha value is -2.10. The third-order valence-electron chi connectivity index (χ3n) is 2.97. The molecule has 1 N–H and O–H groups in total. The van der Waals surface area contributed by atoms with Crippen LogP contribution in [-0.2, 0) is 0 Å². The van der Waals surface area contributed by atoms with Crippen molar-refractivity contribution in [3.63, 3.8) is 0 Å². The Labute approximate surface area is 119 Å². The number of benzene rings is 1. The van der Waals surface area contributed by atoms with Crippen LogP contribution in [0.4, 0.5) is 5.69 Å². The minimum absolute atomic E-state index is 0.168. The standard InChI is InChI=1S/C16H21NO3/c1-4-19-15-7-6-14(10-16(15)20-5-2)17-12(3)13-8-9-18-11-13/h6-12,17H,4-5H2,1-3H3. The van der Waals surface area contributed by atoms with Crippen molar-refractivity contribution in [2.24, 2.45) is 0 Å². The fraction of sp³-hybridized carbons (Fsp3) is 0.375. The van der Waals surface area contributed by atoms with Gasteiger partial charge in [-0.1, -0.05) is 0 Å². The van der Waals surface area contributed by atoms with Crippen LogP contribution in [0.5, 0.6) is 11.5 Å². The summed E-state index contributed by atoms with van der Waals surface area (Å²) in [4.78, 5) is 0. The minimum atomic E-state index is 0.168. The molecule has 0 fully saturated rings. The van der Waals surface area contributed by atoms with E-state index in [0.717, 1.165) is 22.7 Å². The first-order valence-electron chi connectivity index (χ1n) is 6.92. The smallest absolute Gasteiger partial charge is 0.163 e. The van der Waals surface area contributed by atoms with Crippen LogP contribution in [0, 0.1) is 0 Å². The van der Waals surface area contributed by atoms with Crippen LogP contribution in [0.15, 0.2) is 41.2 Å². The molecule has 2 rings (SSSR count). The van der Waals surface area contributed by atoms with E-state index in [4.69, 9.17) is 13.9 Å². The first kappa shape index (κ1) is 14.3. The molecule has 0 aliphatic rings. The molecule has 0 amide bonds. The van der Waals surface area contributed by atoms with Crippen LogP contribution in [0.1, 0.15) is 32.4 Å². The fourth-order valence-corrected chi connectivity index (χ4v) is 2.00. The molecule has 108 valence electrons. The number of furan rings is 1. The molecule has 0 spiro atoms. The Morgan fingerprint density at radius 1 is 1.10 bits per heavy atom. The summed E-state index contributed by atoms with van der Waals surface area (Å²) in [5.41, 5.74) is 2.10. The van der Waals surface area contributed by atoms with Gasteiger partial charge in [0.05, 0.1) is 31.8 Å². The van der Waals surface area contributed by atoms with Gasteiger partial charge in [0.2, 0.25) is 0 Å². The van der Waals surface area contributed by atoms with Crippen molar-refractivity contribution < 1.29 is 13.9 Å². The molecule has 0 radical (unpaired) electrons. The average molecular weight is 275 g/mol. The second-order valence-corrected chi connectivity index (χ2v) is 4.45. The van der Waals surface area contributed by atoms with Gasteiger partial charge in [-0.15, -0.1) is 0 Å². The van der Waals surface area contributed by atoms with Gasteiger partial charge in [0.1, 0.15) is 0 Å². The van der Waals surface area contributed by atoms with E-state index in [1.807, 2.05) is 38.1 Å². The lowest BCUT2D eigenvalue weighted by Crippen LogP contribution is -2.06. The number of rotatable bonds is 7. The minimum Gasteiger partial charge on any atom is -0.490 e. The van der Waals surface area contributed by atoms with Crippen LogP contribution in [0.2, 0.25) is 0 Å². The zero-order valence-electron chi connectivity index (χ0n) is 12.2. The fourth-order valence-electron chi connectivity index (χ4n) is 2.00. The topological polar surface area (TPSA) is 43.6 Å². The van der Waals surface area contributed by atoms with Gasteiger partial charge in [-0.25, -0.2) is 0 Å². The summed E-state index contributed by atoms with van der Waals surface area (Å²) in [7, 11) is 0. The molecule has 1 heterocycles. The summed E-state index contributed by atoms with van der Waals surface area (Å²) >= 11 is 0. The van der Waals surface area contributed by atoms with Gasteiger partial charge in [0.25, 0.3) is 0 Å². The molecule has 0 saturated heterocycles. The molecular formula is C16H21NO3. The maximum atomic E-state index is 5.62. The van der Waals surface area contributed by atoms with Crippen LogP contribution in [-0.4, -0.2) is 13.2 Å². The molecule has 4 nitrogen and oxygen atoms in total. The van der Waals surface area contributed by atoms with Crippen molar-refractivity contribution in [3.05, 3.63) is 42.4 Å². The highest BCUT2D eigenvalue weighted by atomic mass is 16.5. The van der Waals surface area contributed by atoms with E-state index in [-0.39, 0.29) is 6.04 Å². The molecule has 1 unspecified atom stereocenters. The zero-order valence-corrected chi connectivity index (χ0v) is 12.2. The molecule has 1 aromatic carbocycles. The lowest BCUT2D eigenvalue weighted by atomic mass is 10.1. The van der Waals surface area contributed by atoms with Crippen LogP contribution in [0.3, 0.4) is 0 Å². The Morgan fingerprint density at radius 3 is 2.50 bits per heavy atom. The summed E-state index contributed by atoms with van der Waals surface area (Å²) in [6, 6.07) is 8.00. The van der Waals surface area contributed by atoms with Crippen molar-refractivity contribution in [2.45, 2.75) is 26.8 Å². The highest BCUT2D eigenvalue weighted by Crippen LogP contribution is 2.32. The van der Waals surface area contributed by atoms with Crippen molar-refractivity contribution in [1.29, 1.82) is 0 Å². The Morgan fingerprint density at radius 2 is 1.85 bits per heavy atom. The van der Waals surface area contributed by atoms with Crippen molar-refractivity contribution in [1.82, 2.24) is 0 Å². The monoisotopic (exact) mass is 275 g/mol. The van der Waals surface area contributed by atoms with Gasteiger partial charge in [0, 0.05) is 17.3 Å². The van der Waals surface area contributed by atoms with E-state index < -0.39 is 0 Å². The zero-order chi connectivity index (χ0) is 14.4. The molecule has 0 bridgehead atoms. The first-order chi connectivity index (χ1) is 9.74. The predicted molar refractivity (Wildman–Crippen MR) is 79.5 cm³/mol. The summed E-state index contributed by atoms with van der Waals surface area (Å²) in [6.45, 7) is 7.24. The van der Waals surface area contributed by atoms with E-state index in [9.17, 15) is 0 Å². The van der Waals surface area contributed by atoms with Gasteiger partial charge in [-0.05, 0) is 39.0 Å². The summed E-state index contributed by atoms with van der Waals surface area (Å²) in [5.74, 6) is 1.54. The number of ether oxygens (including phenoxy) is 2. The summed E-state index contributed by atoms with van der Waals surface area (Å²) < 4.78 is 16.3. The van der Waals surface area contributed by atoms with Crippen LogP contribution >= 0.6 is 0 Å². The number of hydrogen-bond acceptors (Lipinski definition) is 4. The largest absolute Gasteiger partial charge is 0.490 e. The Bertz CT molecular complexity index is 523. The SMILES string of the molecule is CCOc1ccc(NC(C)c2ccoc2)cc1OCC. The van der Waals surface area contributed by atoms with Gasteiger partial charge >= 0.3 is 0 Å². The molecule has 2 aromatic rings. The van der Waals surface area contributed by atoms with E-state index in [1.165, 1.54) is 0 Å². The third kappa shape index (κ3) is 3.47. The quantitative estimate of drug-likeness (QED) is 0.820. The average Bonchev–Trinajstić information content (AvgIpc) is 2.96. The maximum absolute atomic E-state index is 5.62. The predicted octanol–water partition coefficient (Wildman–Crippen LogP) is 4.25. The Balaban J connectivity index is 2.13. The molecule has 0 aliphatic heterocycles. The third-order valence-corrected chi connectivity index (χ3v) is 2.97. The molecule has 1 atom stereocenters. The van der Waals surface area contributed by atoms with E-state index in [1.54, 1.807) is 12.5 Å². The normalized spacial score (nSPS) is 11.9. The van der Waals surface area contributed by atoms with E-state index in [2.05, 4.69) is 12.2 Å². The van der Waals surface area contributed by atoms with E-state index >= 15 is 0 Å². The van der Waals surface area contributed by atoms with Crippen LogP contribution in [0.25, 0.3) is 0 Å². The first-order valence-corrected chi connectivity index (χ1v) is 6.92. The number of nitrogens with one attached hydrogen (secondary N) is 1. The van der Waals surface area contributed by atoms with Gasteiger partial charge in [0.15, 0.2) is 11.5 Å². The summed E-state index contributed by atoms with van der Waals surface area (Å²) in [5, 5.41) is 3.42. The molecular weight excluding hydrogens is 254 g/mol.